The zero-order chi connectivity index (χ0) is 19.8. The van der Waals surface area contributed by atoms with Gasteiger partial charge in [-0.05, 0) is 35.0 Å². The lowest BCUT2D eigenvalue weighted by atomic mass is 10.0. The van der Waals surface area contributed by atoms with E-state index in [-0.39, 0.29) is 10.7 Å². The molecule has 0 aliphatic rings. The number of anilines is 1. The molecule has 0 bridgehead atoms. The van der Waals surface area contributed by atoms with E-state index in [2.05, 4.69) is 20.5 Å². The Balaban J connectivity index is 1.51. The minimum atomic E-state index is -0.706. The fraction of sp³-hybridized carbons (Fsp3) is 0. The lowest BCUT2D eigenvalue weighted by molar-refractivity contribution is 0.102. The predicted molar refractivity (Wildman–Crippen MR) is 111 cm³/mol. The normalized spacial score (nSPS) is 11.0. The van der Waals surface area contributed by atoms with E-state index in [9.17, 15) is 9.59 Å². The largest absolute Gasteiger partial charge is 0.422 e. The van der Waals surface area contributed by atoms with Crippen molar-refractivity contribution in [2.45, 2.75) is 0 Å². The summed E-state index contributed by atoms with van der Waals surface area (Å²) in [4.78, 5) is 29.1. The van der Waals surface area contributed by atoms with Gasteiger partial charge < -0.3 is 4.42 Å². The van der Waals surface area contributed by atoms with Crippen molar-refractivity contribution in [3.05, 3.63) is 83.0 Å². The average molecular weight is 400 g/mol. The number of hydrogen-bond acceptors (Lipinski definition) is 7. The van der Waals surface area contributed by atoms with Crippen molar-refractivity contribution < 1.29 is 9.21 Å². The number of carbonyl (C=O) groups is 1. The van der Waals surface area contributed by atoms with Crippen molar-refractivity contribution in [3.8, 4) is 10.6 Å². The number of hydrogen-bond donors (Lipinski definition) is 1. The zero-order valence-electron chi connectivity index (χ0n) is 14.8. The molecular formula is C21H12N4O3S. The second-order valence-corrected chi connectivity index (χ2v) is 7.23. The molecule has 0 spiro atoms. The van der Waals surface area contributed by atoms with Gasteiger partial charge in [-0.2, -0.15) is 0 Å². The summed E-state index contributed by atoms with van der Waals surface area (Å²) >= 11 is 1.19. The van der Waals surface area contributed by atoms with Gasteiger partial charge in [-0.15, -0.1) is 10.2 Å². The van der Waals surface area contributed by atoms with Crippen LogP contribution >= 0.6 is 11.3 Å². The highest BCUT2D eigenvalue weighted by Gasteiger charge is 2.17. The number of benzene rings is 2. The smallest absolute Gasteiger partial charge is 0.349 e. The quantitative estimate of drug-likeness (QED) is 0.361. The van der Waals surface area contributed by atoms with Crippen LogP contribution in [0.1, 0.15) is 10.4 Å². The Morgan fingerprint density at radius 1 is 1.00 bits per heavy atom. The fourth-order valence-electron chi connectivity index (χ4n) is 3.07. The molecule has 5 aromatic rings. The van der Waals surface area contributed by atoms with E-state index in [1.165, 1.54) is 11.3 Å². The summed E-state index contributed by atoms with van der Waals surface area (Å²) in [6, 6.07) is 16.5. The Kier molecular flexibility index (Phi) is 4.10. The first kappa shape index (κ1) is 17.2. The van der Waals surface area contributed by atoms with Crippen molar-refractivity contribution in [1.82, 2.24) is 15.2 Å². The van der Waals surface area contributed by atoms with Gasteiger partial charge in [-0.3, -0.25) is 15.1 Å². The fourth-order valence-corrected chi connectivity index (χ4v) is 3.80. The van der Waals surface area contributed by atoms with Gasteiger partial charge in [0.2, 0.25) is 5.13 Å². The molecular weight excluding hydrogens is 388 g/mol. The first-order chi connectivity index (χ1) is 14.2. The lowest BCUT2D eigenvalue weighted by Crippen LogP contribution is -2.20. The molecule has 0 aliphatic heterocycles. The van der Waals surface area contributed by atoms with Crippen molar-refractivity contribution in [1.29, 1.82) is 0 Å². The third-order valence-electron chi connectivity index (χ3n) is 4.44. The van der Waals surface area contributed by atoms with Crippen LogP contribution < -0.4 is 10.9 Å². The van der Waals surface area contributed by atoms with Gasteiger partial charge in [0.05, 0.1) is 0 Å². The highest BCUT2D eigenvalue weighted by Crippen LogP contribution is 2.27. The highest BCUT2D eigenvalue weighted by molar-refractivity contribution is 7.18. The summed E-state index contributed by atoms with van der Waals surface area (Å²) in [5.74, 6) is -0.595. The number of nitrogens with zero attached hydrogens (tertiary/aromatic N) is 3. The maximum absolute atomic E-state index is 12.7. The van der Waals surface area contributed by atoms with Gasteiger partial charge in [0.25, 0.3) is 5.91 Å². The second-order valence-electron chi connectivity index (χ2n) is 6.25. The molecule has 8 heteroatoms. The molecule has 29 heavy (non-hydrogen) atoms. The topological polar surface area (TPSA) is 98.0 Å². The van der Waals surface area contributed by atoms with Gasteiger partial charge in [0, 0.05) is 23.3 Å². The van der Waals surface area contributed by atoms with Crippen LogP contribution in [0.3, 0.4) is 0 Å². The van der Waals surface area contributed by atoms with Crippen molar-refractivity contribution in [2.24, 2.45) is 0 Å². The Hall–Kier alpha value is -3.91. The molecule has 7 nitrogen and oxygen atoms in total. The SMILES string of the molecule is O=C(Nc1nnc(-c2cccnc2)s1)c1cc2c(ccc3ccccc32)oc1=O. The van der Waals surface area contributed by atoms with E-state index < -0.39 is 11.5 Å². The Morgan fingerprint density at radius 2 is 1.90 bits per heavy atom. The molecule has 0 saturated heterocycles. The number of carbonyl (C=O) groups excluding carboxylic acids is 1. The monoisotopic (exact) mass is 400 g/mol. The van der Waals surface area contributed by atoms with Crippen LogP contribution in [-0.2, 0) is 0 Å². The van der Waals surface area contributed by atoms with Gasteiger partial charge in [0.1, 0.15) is 11.1 Å². The third kappa shape index (κ3) is 3.15. The van der Waals surface area contributed by atoms with Gasteiger partial charge in [-0.1, -0.05) is 41.7 Å². The number of pyridine rings is 1. The molecule has 0 aliphatic carbocycles. The van der Waals surface area contributed by atoms with Gasteiger partial charge in [0.15, 0.2) is 5.01 Å². The van der Waals surface area contributed by atoms with Gasteiger partial charge in [-0.25, -0.2) is 4.79 Å². The minimum absolute atomic E-state index is 0.0908. The van der Waals surface area contributed by atoms with Crippen LogP contribution in [0.2, 0.25) is 0 Å². The lowest BCUT2D eigenvalue weighted by Gasteiger charge is -2.05. The van der Waals surface area contributed by atoms with Crippen LogP contribution in [0.4, 0.5) is 5.13 Å². The molecule has 0 fully saturated rings. The Labute approximate surface area is 167 Å². The predicted octanol–water partition coefficient (Wildman–Crippen LogP) is 4.11. The molecule has 140 valence electrons. The first-order valence-electron chi connectivity index (χ1n) is 8.70. The van der Waals surface area contributed by atoms with Gasteiger partial charge >= 0.3 is 5.63 Å². The number of aromatic nitrogens is 3. The second kappa shape index (κ2) is 6.92. The number of fused-ring (bicyclic) bond motifs is 3. The number of amides is 1. The summed E-state index contributed by atoms with van der Waals surface area (Å²) in [5, 5.41) is 14.1. The van der Waals surface area contributed by atoms with Crippen LogP contribution in [0.5, 0.6) is 0 Å². The summed E-state index contributed by atoms with van der Waals surface area (Å²) in [5.41, 5.74) is 0.427. The summed E-state index contributed by atoms with van der Waals surface area (Å²) in [6.45, 7) is 0. The molecule has 2 aromatic carbocycles. The maximum Gasteiger partial charge on any atom is 0.349 e. The average Bonchev–Trinajstić information content (AvgIpc) is 3.22. The third-order valence-corrected chi connectivity index (χ3v) is 5.33. The van der Waals surface area contributed by atoms with E-state index >= 15 is 0 Å². The molecule has 5 rings (SSSR count). The molecule has 0 radical (unpaired) electrons. The number of nitrogens with one attached hydrogen (secondary N) is 1. The highest BCUT2D eigenvalue weighted by atomic mass is 32.1. The van der Waals surface area contributed by atoms with E-state index in [0.29, 0.717) is 16.0 Å². The van der Waals surface area contributed by atoms with Crippen molar-refractivity contribution in [3.63, 3.8) is 0 Å². The molecule has 0 unspecified atom stereocenters. The van der Waals surface area contributed by atoms with Crippen LogP contribution in [0, 0.1) is 0 Å². The number of rotatable bonds is 3. The van der Waals surface area contributed by atoms with Crippen LogP contribution in [0.15, 0.2) is 76.2 Å². The maximum atomic E-state index is 12.7. The molecule has 0 atom stereocenters. The molecule has 3 aromatic heterocycles. The summed E-state index contributed by atoms with van der Waals surface area (Å²) < 4.78 is 5.38. The molecule has 0 saturated carbocycles. The zero-order valence-corrected chi connectivity index (χ0v) is 15.6. The molecule has 1 N–H and O–H groups in total. The first-order valence-corrected chi connectivity index (χ1v) is 9.51. The van der Waals surface area contributed by atoms with E-state index in [1.807, 2.05) is 36.4 Å². The van der Waals surface area contributed by atoms with Crippen LogP contribution in [0.25, 0.3) is 32.3 Å². The Morgan fingerprint density at radius 3 is 2.76 bits per heavy atom. The van der Waals surface area contributed by atoms with Crippen molar-refractivity contribution >= 4 is 44.1 Å². The minimum Gasteiger partial charge on any atom is -0.422 e. The van der Waals surface area contributed by atoms with Crippen molar-refractivity contribution in [2.75, 3.05) is 5.32 Å². The van der Waals surface area contributed by atoms with E-state index in [0.717, 1.165) is 16.3 Å². The van der Waals surface area contributed by atoms with E-state index in [1.54, 1.807) is 30.6 Å². The Bertz CT molecular complexity index is 1430. The van der Waals surface area contributed by atoms with Crippen LogP contribution in [-0.4, -0.2) is 21.1 Å². The molecule has 1 amide bonds. The summed E-state index contributed by atoms with van der Waals surface area (Å²) in [7, 11) is 0. The molecule has 3 heterocycles. The van der Waals surface area contributed by atoms with E-state index in [4.69, 9.17) is 4.42 Å². The standard InChI is InChI=1S/C21H12N4O3S/c26-18(23-21-25-24-19(29-21)13-5-3-9-22-11-13)16-10-15-14-6-2-1-4-12(14)7-8-17(15)28-20(16)27/h1-11H,(H,23,25,26). The summed E-state index contributed by atoms with van der Waals surface area (Å²) in [6.07, 6.45) is 3.32.